The van der Waals surface area contributed by atoms with Gasteiger partial charge in [0.05, 0.1) is 24.3 Å². The molecule has 0 aliphatic rings. The van der Waals surface area contributed by atoms with Crippen molar-refractivity contribution in [2.24, 2.45) is 0 Å². The molecule has 0 heterocycles. The van der Waals surface area contributed by atoms with Crippen LogP contribution in [0.25, 0.3) is 0 Å². The minimum atomic E-state index is -0.388. The number of hydrogen-bond acceptors (Lipinski definition) is 4. The van der Waals surface area contributed by atoms with Gasteiger partial charge in [-0.1, -0.05) is 90.0 Å². The molecular formula is C27H43ClO4. The number of rotatable bonds is 20. The number of ether oxygens (including phenoxy) is 2. The number of carbonyl (C=O) groups excluding carboxylic acids is 2. The standard InChI is InChI=1S/C27H43ClO4/c1-2-3-4-5-6-7-9-12-15-21-31-26(29)24-18-17-19-25(23-24)27(30)32-22-16-13-10-8-11-14-20-28/h17-19,23H,2-16,20-22H2,1H3. The number of esters is 2. The molecule has 182 valence electrons. The Bertz CT molecular complexity index is 617. The van der Waals surface area contributed by atoms with Crippen LogP contribution >= 0.6 is 11.6 Å². The highest BCUT2D eigenvalue weighted by molar-refractivity contribution is 6.17. The van der Waals surface area contributed by atoms with Crippen molar-refractivity contribution in [3.05, 3.63) is 35.4 Å². The molecule has 0 bridgehead atoms. The van der Waals surface area contributed by atoms with E-state index in [9.17, 15) is 9.59 Å². The van der Waals surface area contributed by atoms with E-state index in [-0.39, 0.29) is 11.9 Å². The quantitative estimate of drug-likeness (QED) is 0.110. The molecule has 0 saturated carbocycles. The molecule has 0 aliphatic carbocycles. The minimum Gasteiger partial charge on any atom is -0.462 e. The van der Waals surface area contributed by atoms with Crippen molar-refractivity contribution in [3.8, 4) is 0 Å². The first-order valence-corrected chi connectivity index (χ1v) is 13.2. The minimum absolute atomic E-state index is 0.379. The second kappa shape index (κ2) is 20.1. The topological polar surface area (TPSA) is 52.6 Å². The zero-order valence-corrected chi connectivity index (χ0v) is 20.8. The van der Waals surface area contributed by atoms with Crippen LogP contribution in [0.2, 0.25) is 0 Å². The van der Waals surface area contributed by atoms with Crippen molar-refractivity contribution < 1.29 is 19.1 Å². The second-order valence-electron chi connectivity index (χ2n) is 8.49. The summed E-state index contributed by atoms with van der Waals surface area (Å²) < 4.78 is 10.7. The van der Waals surface area contributed by atoms with Crippen LogP contribution in [0.5, 0.6) is 0 Å². The molecule has 1 aromatic rings. The van der Waals surface area contributed by atoms with Crippen molar-refractivity contribution >= 4 is 23.5 Å². The fraction of sp³-hybridized carbons (Fsp3) is 0.704. The zero-order valence-electron chi connectivity index (χ0n) is 20.0. The molecule has 0 aromatic heterocycles. The summed E-state index contributed by atoms with van der Waals surface area (Å²) in [4.78, 5) is 24.5. The molecule has 0 atom stereocenters. The van der Waals surface area contributed by atoms with E-state index in [1.807, 2.05) is 0 Å². The van der Waals surface area contributed by atoms with Crippen molar-refractivity contribution in [1.29, 1.82) is 0 Å². The van der Waals surface area contributed by atoms with E-state index in [1.54, 1.807) is 24.3 Å². The number of alkyl halides is 1. The molecule has 1 aromatic carbocycles. The van der Waals surface area contributed by atoms with Gasteiger partial charge in [0.15, 0.2) is 0 Å². The Morgan fingerprint density at radius 1 is 0.656 bits per heavy atom. The molecule has 0 radical (unpaired) electrons. The number of halogens is 1. The van der Waals surface area contributed by atoms with Crippen molar-refractivity contribution in [3.63, 3.8) is 0 Å². The smallest absolute Gasteiger partial charge is 0.338 e. The van der Waals surface area contributed by atoms with E-state index in [0.29, 0.717) is 24.3 Å². The van der Waals surface area contributed by atoms with Crippen LogP contribution in [0.1, 0.15) is 124 Å². The van der Waals surface area contributed by atoms with Gasteiger partial charge in [-0.25, -0.2) is 9.59 Å². The molecule has 0 saturated heterocycles. The normalized spacial score (nSPS) is 10.8. The van der Waals surface area contributed by atoms with E-state index in [4.69, 9.17) is 21.1 Å². The van der Waals surface area contributed by atoms with Gasteiger partial charge >= 0.3 is 11.9 Å². The van der Waals surface area contributed by atoms with Crippen LogP contribution in [0.15, 0.2) is 24.3 Å². The fourth-order valence-corrected chi connectivity index (χ4v) is 3.77. The van der Waals surface area contributed by atoms with E-state index in [2.05, 4.69) is 6.92 Å². The Morgan fingerprint density at radius 3 is 1.50 bits per heavy atom. The first-order chi connectivity index (χ1) is 15.7. The van der Waals surface area contributed by atoms with Gasteiger partial charge < -0.3 is 9.47 Å². The molecular weight excluding hydrogens is 424 g/mol. The summed E-state index contributed by atoms with van der Waals surface area (Å²) in [5.74, 6) is -0.0411. The largest absolute Gasteiger partial charge is 0.462 e. The highest BCUT2D eigenvalue weighted by Gasteiger charge is 2.12. The molecule has 0 amide bonds. The number of benzene rings is 1. The summed E-state index contributed by atoms with van der Waals surface area (Å²) in [7, 11) is 0. The summed E-state index contributed by atoms with van der Waals surface area (Å²) >= 11 is 5.67. The Kier molecular flexibility index (Phi) is 17.9. The van der Waals surface area contributed by atoms with Gasteiger partial charge in [0.1, 0.15) is 0 Å². The predicted octanol–water partition coefficient (Wildman–Crippen LogP) is 8.11. The van der Waals surface area contributed by atoms with Gasteiger partial charge in [-0.15, -0.1) is 11.6 Å². The lowest BCUT2D eigenvalue weighted by atomic mass is 10.1. The molecule has 0 unspecified atom stereocenters. The summed E-state index contributed by atoms with van der Waals surface area (Å²) in [5, 5.41) is 0. The Morgan fingerprint density at radius 2 is 1.06 bits per heavy atom. The maximum atomic E-state index is 12.3. The monoisotopic (exact) mass is 466 g/mol. The van der Waals surface area contributed by atoms with Crippen molar-refractivity contribution in [2.75, 3.05) is 19.1 Å². The van der Waals surface area contributed by atoms with Gasteiger partial charge in [0.25, 0.3) is 0 Å². The first kappa shape index (κ1) is 28.5. The van der Waals surface area contributed by atoms with Crippen LogP contribution in [0, 0.1) is 0 Å². The SMILES string of the molecule is CCCCCCCCCCCOC(=O)c1cccc(C(=O)OCCCCCCCCCl)c1. The lowest BCUT2D eigenvalue weighted by molar-refractivity contribution is 0.0496. The highest BCUT2D eigenvalue weighted by Crippen LogP contribution is 2.12. The number of carbonyl (C=O) groups is 2. The molecule has 1 rings (SSSR count). The van der Waals surface area contributed by atoms with Crippen LogP contribution < -0.4 is 0 Å². The van der Waals surface area contributed by atoms with Gasteiger partial charge in [0.2, 0.25) is 0 Å². The van der Waals surface area contributed by atoms with Crippen LogP contribution in [0.3, 0.4) is 0 Å². The fourth-order valence-electron chi connectivity index (χ4n) is 3.59. The lowest BCUT2D eigenvalue weighted by Gasteiger charge is -2.08. The van der Waals surface area contributed by atoms with Gasteiger partial charge in [-0.05, 0) is 37.5 Å². The predicted molar refractivity (Wildman–Crippen MR) is 133 cm³/mol. The zero-order chi connectivity index (χ0) is 23.3. The lowest BCUT2D eigenvalue weighted by Crippen LogP contribution is -2.10. The van der Waals surface area contributed by atoms with E-state index in [1.165, 1.54) is 51.4 Å². The number of hydrogen-bond donors (Lipinski definition) is 0. The van der Waals surface area contributed by atoms with Crippen LogP contribution in [-0.2, 0) is 9.47 Å². The summed E-state index contributed by atoms with van der Waals surface area (Å²) in [6, 6.07) is 6.61. The molecule has 0 N–H and O–H groups in total. The van der Waals surface area contributed by atoms with Crippen LogP contribution in [-0.4, -0.2) is 31.0 Å². The van der Waals surface area contributed by atoms with Crippen LogP contribution in [0.4, 0.5) is 0 Å². The molecule has 0 fully saturated rings. The maximum absolute atomic E-state index is 12.3. The molecule has 5 heteroatoms. The van der Waals surface area contributed by atoms with Gasteiger partial charge in [-0.2, -0.15) is 0 Å². The molecule has 4 nitrogen and oxygen atoms in total. The number of unbranched alkanes of at least 4 members (excludes halogenated alkanes) is 13. The average molecular weight is 467 g/mol. The van der Waals surface area contributed by atoms with Crippen molar-refractivity contribution in [1.82, 2.24) is 0 Å². The maximum Gasteiger partial charge on any atom is 0.338 e. The second-order valence-corrected chi connectivity index (χ2v) is 8.87. The molecule has 32 heavy (non-hydrogen) atoms. The summed E-state index contributed by atoms with van der Waals surface area (Å²) in [6.07, 6.45) is 17.4. The Balaban J connectivity index is 2.17. The molecule has 0 aliphatic heterocycles. The Hall–Kier alpha value is -1.55. The Labute approximate surface area is 200 Å². The first-order valence-electron chi connectivity index (χ1n) is 12.7. The third-order valence-corrected chi connectivity index (χ3v) is 5.84. The van der Waals surface area contributed by atoms with E-state index < -0.39 is 0 Å². The third-order valence-electron chi connectivity index (χ3n) is 5.58. The van der Waals surface area contributed by atoms with Gasteiger partial charge in [0, 0.05) is 5.88 Å². The van der Waals surface area contributed by atoms with Gasteiger partial charge in [-0.3, -0.25) is 0 Å². The van der Waals surface area contributed by atoms with E-state index >= 15 is 0 Å². The third kappa shape index (κ3) is 14.5. The van der Waals surface area contributed by atoms with E-state index in [0.717, 1.165) is 50.8 Å². The molecule has 0 spiro atoms. The average Bonchev–Trinajstić information content (AvgIpc) is 2.81. The summed E-state index contributed by atoms with van der Waals surface area (Å²) in [5.41, 5.74) is 0.791. The summed E-state index contributed by atoms with van der Waals surface area (Å²) in [6.45, 7) is 3.06. The highest BCUT2D eigenvalue weighted by atomic mass is 35.5. The van der Waals surface area contributed by atoms with Crippen molar-refractivity contribution in [2.45, 2.75) is 103 Å².